The molecule has 0 unspecified atom stereocenters. The number of carbonyl (C=O) groups excluding carboxylic acids is 1. The number of amides is 1. The van der Waals surface area contributed by atoms with Gasteiger partial charge in [-0.1, -0.05) is 12.1 Å². The third-order valence-electron chi connectivity index (χ3n) is 5.51. The van der Waals surface area contributed by atoms with Crippen LogP contribution in [-0.4, -0.2) is 52.5 Å². The number of hydrogen-bond donors (Lipinski definition) is 0. The summed E-state index contributed by atoms with van der Waals surface area (Å²) in [5, 5.41) is 0. The van der Waals surface area contributed by atoms with Crippen LogP contribution in [0.25, 0.3) is 11.1 Å². The molecule has 24 heavy (non-hydrogen) atoms. The Balaban J connectivity index is 1.57. The van der Waals surface area contributed by atoms with Crippen molar-refractivity contribution in [2.75, 3.05) is 20.1 Å². The van der Waals surface area contributed by atoms with Crippen molar-refractivity contribution in [2.45, 2.75) is 44.3 Å². The largest absolute Gasteiger partial charge is 0.420 e. The second-order valence-corrected chi connectivity index (χ2v) is 6.91. The SMILES string of the molecule is CN1CCC[C@@H]1[C@@H]1CCCN1C(=O)Cn1c(=O)oc2ccccc21. The summed E-state index contributed by atoms with van der Waals surface area (Å²) in [5.41, 5.74) is 1.22. The van der Waals surface area contributed by atoms with E-state index in [-0.39, 0.29) is 18.5 Å². The van der Waals surface area contributed by atoms with Crippen LogP contribution in [-0.2, 0) is 11.3 Å². The maximum atomic E-state index is 12.9. The fraction of sp³-hybridized carbons (Fsp3) is 0.556. The molecule has 6 nitrogen and oxygen atoms in total. The van der Waals surface area contributed by atoms with E-state index in [9.17, 15) is 9.59 Å². The predicted octanol–water partition coefficient (Wildman–Crippen LogP) is 1.68. The van der Waals surface area contributed by atoms with Crippen molar-refractivity contribution in [1.29, 1.82) is 0 Å². The van der Waals surface area contributed by atoms with Gasteiger partial charge in [0.2, 0.25) is 5.91 Å². The van der Waals surface area contributed by atoms with E-state index in [1.165, 1.54) is 11.0 Å². The number of nitrogens with zero attached hydrogens (tertiary/aromatic N) is 3. The van der Waals surface area contributed by atoms with Gasteiger partial charge < -0.3 is 14.2 Å². The Hall–Kier alpha value is -2.08. The summed E-state index contributed by atoms with van der Waals surface area (Å²) in [6.07, 6.45) is 4.45. The average Bonchev–Trinajstić information content (AvgIpc) is 3.27. The Morgan fingerprint density at radius 2 is 1.92 bits per heavy atom. The number of likely N-dealkylation sites (tertiary alicyclic amines) is 2. The molecule has 2 saturated heterocycles. The van der Waals surface area contributed by atoms with E-state index >= 15 is 0 Å². The van der Waals surface area contributed by atoms with Crippen LogP contribution in [0.3, 0.4) is 0 Å². The van der Waals surface area contributed by atoms with Crippen LogP contribution >= 0.6 is 0 Å². The van der Waals surface area contributed by atoms with Crippen molar-refractivity contribution in [2.24, 2.45) is 0 Å². The summed E-state index contributed by atoms with van der Waals surface area (Å²) < 4.78 is 6.68. The van der Waals surface area contributed by atoms with Crippen LogP contribution in [0.2, 0.25) is 0 Å². The number of benzene rings is 1. The van der Waals surface area contributed by atoms with Crippen LogP contribution in [0.4, 0.5) is 0 Å². The lowest BCUT2D eigenvalue weighted by Crippen LogP contribution is -2.48. The minimum atomic E-state index is -0.460. The average molecular weight is 329 g/mol. The molecule has 2 aliphatic heterocycles. The van der Waals surface area contributed by atoms with Crippen LogP contribution in [0.15, 0.2) is 33.5 Å². The molecule has 2 aromatic rings. The minimum absolute atomic E-state index is 0.0199. The standard InChI is InChI=1S/C18H23N3O3/c1-19-10-4-7-13(19)14-8-5-11-20(14)17(22)12-21-15-6-2-3-9-16(15)24-18(21)23/h2-3,6,9,13-14H,4-5,7-8,10-12H2,1H3/t13-,14+/m1/s1. The summed E-state index contributed by atoms with van der Waals surface area (Å²) in [4.78, 5) is 29.3. The van der Waals surface area contributed by atoms with E-state index in [2.05, 4.69) is 11.9 Å². The summed E-state index contributed by atoms with van der Waals surface area (Å²) in [6.45, 7) is 1.95. The first-order valence-electron chi connectivity index (χ1n) is 8.73. The third kappa shape index (κ3) is 2.55. The molecule has 3 heterocycles. The number of rotatable bonds is 3. The number of oxazole rings is 1. The molecule has 1 amide bonds. The zero-order valence-electron chi connectivity index (χ0n) is 14.0. The highest BCUT2D eigenvalue weighted by molar-refractivity contribution is 5.80. The quantitative estimate of drug-likeness (QED) is 0.860. The van der Waals surface area contributed by atoms with E-state index in [1.54, 1.807) is 6.07 Å². The number of carbonyl (C=O) groups is 1. The highest BCUT2D eigenvalue weighted by Crippen LogP contribution is 2.29. The molecule has 2 atom stereocenters. The lowest BCUT2D eigenvalue weighted by molar-refractivity contribution is -0.133. The molecule has 0 aliphatic carbocycles. The lowest BCUT2D eigenvalue weighted by atomic mass is 10.0. The maximum Gasteiger partial charge on any atom is 0.420 e. The van der Waals surface area contributed by atoms with Gasteiger partial charge in [0, 0.05) is 18.6 Å². The topological polar surface area (TPSA) is 58.7 Å². The molecular formula is C18H23N3O3. The van der Waals surface area contributed by atoms with Gasteiger partial charge in [-0.25, -0.2) is 4.79 Å². The fourth-order valence-electron chi connectivity index (χ4n) is 4.31. The zero-order chi connectivity index (χ0) is 16.7. The van der Waals surface area contributed by atoms with Gasteiger partial charge in [-0.05, 0) is 51.4 Å². The predicted molar refractivity (Wildman–Crippen MR) is 90.9 cm³/mol. The van der Waals surface area contributed by atoms with Crippen LogP contribution in [0, 0.1) is 0 Å². The van der Waals surface area contributed by atoms with E-state index in [1.807, 2.05) is 23.1 Å². The van der Waals surface area contributed by atoms with E-state index in [0.717, 1.165) is 32.4 Å². The molecule has 0 spiro atoms. The van der Waals surface area contributed by atoms with Gasteiger partial charge in [0.25, 0.3) is 0 Å². The summed E-state index contributed by atoms with van der Waals surface area (Å²) in [7, 11) is 2.15. The molecule has 128 valence electrons. The Morgan fingerprint density at radius 3 is 2.71 bits per heavy atom. The van der Waals surface area contributed by atoms with Crippen molar-refractivity contribution in [3.8, 4) is 0 Å². The highest BCUT2D eigenvalue weighted by Gasteiger charge is 2.38. The van der Waals surface area contributed by atoms with Crippen LogP contribution in [0.1, 0.15) is 25.7 Å². The molecule has 0 saturated carbocycles. The number of para-hydroxylation sites is 2. The van der Waals surface area contributed by atoms with Crippen LogP contribution < -0.4 is 5.76 Å². The van der Waals surface area contributed by atoms with E-state index < -0.39 is 5.76 Å². The lowest BCUT2D eigenvalue weighted by Gasteiger charge is -2.33. The van der Waals surface area contributed by atoms with E-state index in [0.29, 0.717) is 17.1 Å². The van der Waals surface area contributed by atoms with Gasteiger partial charge in [0.15, 0.2) is 5.58 Å². The third-order valence-corrected chi connectivity index (χ3v) is 5.51. The zero-order valence-corrected chi connectivity index (χ0v) is 14.0. The highest BCUT2D eigenvalue weighted by atomic mass is 16.4. The van der Waals surface area contributed by atoms with Crippen molar-refractivity contribution in [3.63, 3.8) is 0 Å². The molecule has 4 rings (SSSR count). The van der Waals surface area contributed by atoms with Gasteiger partial charge in [-0.2, -0.15) is 0 Å². The first kappa shape index (κ1) is 15.4. The van der Waals surface area contributed by atoms with Gasteiger partial charge in [0.05, 0.1) is 5.52 Å². The molecule has 0 bridgehead atoms. The fourth-order valence-corrected chi connectivity index (χ4v) is 4.31. The summed E-state index contributed by atoms with van der Waals surface area (Å²) in [5.74, 6) is -0.440. The van der Waals surface area contributed by atoms with Crippen molar-refractivity contribution in [1.82, 2.24) is 14.4 Å². The first-order chi connectivity index (χ1) is 11.6. The molecule has 2 aliphatic rings. The molecule has 6 heteroatoms. The Bertz CT molecular complexity index is 809. The van der Waals surface area contributed by atoms with Crippen molar-refractivity contribution in [3.05, 3.63) is 34.8 Å². The number of fused-ring (bicyclic) bond motifs is 1. The van der Waals surface area contributed by atoms with E-state index in [4.69, 9.17) is 4.42 Å². The molecule has 1 aromatic heterocycles. The number of likely N-dealkylation sites (N-methyl/N-ethyl adjacent to an activating group) is 1. The molecule has 2 fully saturated rings. The monoisotopic (exact) mass is 329 g/mol. The smallest absolute Gasteiger partial charge is 0.408 e. The number of hydrogen-bond acceptors (Lipinski definition) is 4. The Labute approximate surface area is 140 Å². The van der Waals surface area contributed by atoms with Gasteiger partial charge in [-0.15, -0.1) is 0 Å². The van der Waals surface area contributed by atoms with Gasteiger partial charge in [0.1, 0.15) is 6.54 Å². The second kappa shape index (κ2) is 6.09. The maximum absolute atomic E-state index is 12.9. The van der Waals surface area contributed by atoms with Crippen molar-refractivity contribution < 1.29 is 9.21 Å². The van der Waals surface area contributed by atoms with Crippen LogP contribution in [0.5, 0.6) is 0 Å². The van der Waals surface area contributed by atoms with Gasteiger partial charge in [-0.3, -0.25) is 9.36 Å². The Kier molecular flexibility index (Phi) is 3.92. The van der Waals surface area contributed by atoms with Crippen molar-refractivity contribution >= 4 is 17.0 Å². The summed E-state index contributed by atoms with van der Waals surface area (Å²) in [6, 6.07) is 7.98. The van der Waals surface area contributed by atoms with Gasteiger partial charge >= 0.3 is 5.76 Å². The Morgan fingerprint density at radius 1 is 1.17 bits per heavy atom. The molecule has 0 radical (unpaired) electrons. The minimum Gasteiger partial charge on any atom is -0.408 e. The molecular weight excluding hydrogens is 306 g/mol. The first-order valence-corrected chi connectivity index (χ1v) is 8.73. The number of aromatic nitrogens is 1. The molecule has 0 N–H and O–H groups in total. The summed E-state index contributed by atoms with van der Waals surface area (Å²) >= 11 is 0. The second-order valence-electron chi connectivity index (χ2n) is 6.91. The molecule has 1 aromatic carbocycles. The normalized spacial score (nSPS) is 25.0.